The highest BCUT2D eigenvalue weighted by Crippen LogP contribution is 2.27. The first-order chi connectivity index (χ1) is 11.7. The molecule has 2 aromatic carbocycles. The minimum Gasteiger partial charge on any atom is -0.508 e. The van der Waals surface area contributed by atoms with Crippen molar-refractivity contribution in [3.63, 3.8) is 0 Å². The molecular formula is C20H24N2O2. The summed E-state index contributed by atoms with van der Waals surface area (Å²) in [5, 5.41) is 9.84. The fraction of sp³-hybridized carbons (Fsp3) is 0.350. The first kappa shape index (κ1) is 16.5. The van der Waals surface area contributed by atoms with Crippen LogP contribution in [0.25, 0.3) is 0 Å². The molecule has 4 nitrogen and oxygen atoms in total. The van der Waals surface area contributed by atoms with Gasteiger partial charge in [-0.2, -0.15) is 0 Å². The van der Waals surface area contributed by atoms with E-state index in [0.717, 1.165) is 55.7 Å². The lowest BCUT2D eigenvalue weighted by atomic mass is 10.1. The summed E-state index contributed by atoms with van der Waals surface area (Å²) in [5.41, 5.74) is 3.18. The maximum atomic E-state index is 11.6. The predicted octanol–water partition coefficient (Wildman–Crippen LogP) is 3.02. The monoisotopic (exact) mass is 324 g/mol. The number of nitrogens with zero attached hydrogens (tertiary/aromatic N) is 2. The number of phenols is 1. The quantitative estimate of drug-likeness (QED) is 0.859. The third kappa shape index (κ3) is 3.44. The number of carbonyl (C=O) groups excluding carboxylic acids is 1. The van der Waals surface area contributed by atoms with E-state index >= 15 is 0 Å². The van der Waals surface area contributed by atoms with E-state index in [1.807, 2.05) is 43.3 Å². The van der Waals surface area contributed by atoms with Gasteiger partial charge in [0.05, 0.1) is 6.04 Å². The van der Waals surface area contributed by atoms with Gasteiger partial charge in [0.2, 0.25) is 0 Å². The van der Waals surface area contributed by atoms with Gasteiger partial charge in [0.15, 0.2) is 0 Å². The molecule has 126 valence electrons. The predicted molar refractivity (Wildman–Crippen MR) is 96.5 cm³/mol. The lowest BCUT2D eigenvalue weighted by Gasteiger charge is -2.38. The van der Waals surface area contributed by atoms with Crippen molar-refractivity contribution in [3.05, 3.63) is 59.7 Å². The van der Waals surface area contributed by atoms with E-state index in [4.69, 9.17) is 0 Å². The number of anilines is 1. The smallest absolute Gasteiger partial charge is 0.141 e. The van der Waals surface area contributed by atoms with Crippen molar-refractivity contribution >= 4 is 12.0 Å². The molecule has 0 amide bonds. The fourth-order valence-electron chi connectivity index (χ4n) is 3.34. The molecule has 0 saturated carbocycles. The van der Waals surface area contributed by atoms with E-state index in [2.05, 4.69) is 15.9 Å². The lowest BCUT2D eigenvalue weighted by Crippen LogP contribution is -2.48. The van der Waals surface area contributed by atoms with Crippen LogP contribution < -0.4 is 4.90 Å². The summed E-state index contributed by atoms with van der Waals surface area (Å²) in [5.74, 6) is 0.366. The number of carbonyl (C=O) groups is 1. The maximum absolute atomic E-state index is 11.6. The Morgan fingerprint density at radius 3 is 2.42 bits per heavy atom. The summed E-state index contributed by atoms with van der Waals surface area (Å²) in [4.78, 5) is 16.2. The molecule has 1 aliphatic rings. The average molecular weight is 324 g/mol. The van der Waals surface area contributed by atoms with Crippen molar-refractivity contribution < 1.29 is 9.90 Å². The summed E-state index contributed by atoms with van der Waals surface area (Å²) in [6.07, 6.45) is 1.86. The number of rotatable bonds is 5. The Labute approximate surface area is 143 Å². The van der Waals surface area contributed by atoms with Gasteiger partial charge in [0, 0.05) is 31.9 Å². The second-order valence-corrected chi connectivity index (χ2v) is 6.18. The first-order valence-electron chi connectivity index (χ1n) is 8.54. The van der Waals surface area contributed by atoms with Crippen LogP contribution >= 0.6 is 0 Å². The maximum Gasteiger partial charge on any atom is 0.141 e. The number of aromatic hydroxyl groups is 1. The topological polar surface area (TPSA) is 43.8 Å². The van der Waals surface area contributed by atoms with Crippen LogP contribution in [0.15, 0.2) is 48.5 Å². The second-order valence-electron chi connectivity index (χ2n) is 6.18. The lowest BCUT2D eigenvalue weighted by molar-refractivity contribution is -0.112. The first-order valence-corrected chi connectivity index (χ1v) is 8.54. The van der Waals surface area contributed by atoms with Crippen molar-refractivity contribution in [2.75, 3.05) is 31.1 Å². The Morgan fingerprint density at radius 2 is 1.79 bits per heavy atom. The molecule has 0 spiro atoms. The second kappa shape index (κ2) is 7.49. The van der Waals surface area contributed by atoms with Gasteiger partial charge in [-0.1, -0.05) is 37.3 Å². The highest BCUT2D eigenvalue weighted by Gasteiger charge is 2.25. The molecule has 1 unspecified atom stereocenters. The van der Waals surface area contributed by atoms with E-state index in [0.29, 0.717) is 5.75 Å². The number of hydrogen-bond acceptors (Lipinski definition) is 4. The summed E-state index contributed by atoms with van der Waals surface area (Å²) in [6.45, 7) is 5.50. The number of aryl methyl sites for hydroxylation is 1. The molecule has 0 aromatic heterocycles. The Bertz CT molecular complexity index is 679. The zero-order valence-corrected chi connectivity index (χ0v) is 14.1. The SMILES string of the molecule is CCc1cc(N2CCN(C(C=O)c3ccccc3)CC2)ccc1O. The molecule has 1 heterocycles. The Balaban J connectivity index is 1.68. The molecule has 1 aliphatic heterocycles. The molecule has 3 rings (SSSR count). The van der Waals surface area contributed by atoms with Gasteiger partial charge in [0.25, 0.3) is 0 Å². The van der Waals surface area contributed by atoms with E-state index in [1.54, 1.807) is 6.07 Å². The molecular weight excluding hydrogens is 300 g/mol. The molecule has 1 fully saturated rings. The zero-order chi connectivity index (χ0) is 16.9. The molecule has 24 heavy (non-hydrogen) atoms. The van der Waals surface area contributed by atoms with Crippen molar-refractivity contribution in [3.8, 4) is 5.75 Å². The molecule has 0 radical (unpaired) electrons. The van der Waals surface area contributed by atoms with Crippen molar-refractivity contribution in [1.29, 1.82) is 0 Å². The zero-order valence-electron chi connectivity index (χ0n) is 14.1. The summed E-state index contributed by atoms with van der Waals surface area (Å²) in [6, 6.07) is 15.6. The van der Waals surface area contributed by atoms with Crippen LogP contribution in [0, 0.1) is 0 Å². The van der Waals surface area contributed by atoms with E-state index in [9.17, 15) is 9.90 Å². The number of hydrogen-bond donors (Lipinski definition) is 1. The van der Waals surface area contributed by atoms with Gasteiger partial charge >= 0.3 is 0 Å². The van der Waals surface area contributed by atoms with Crippen LogP contribution in [0.1, 0.15) is 24.1 Å². The van der Waals surface area contributed by atoms with Crippen molar-refractivity contribution in [2.24, 2.45) is 0 Å². The molecule has 1 atom stereocenters. The molecule has 0 bridgehead atoms. The molecule has 4 heteroatoms. The molecule has 2 aromatic rings. The highest BCUT2D eigenvalue weighted by molar-refractivity contribution is 5.61. The number of aldehydes is 1. The Kier molecular flexibility index (Phi) is 5.16. The third-order valence-corrected chi connectivity index (χ3v) is 4.79. The summed E-state index contributed by atoms with van der Waals surface area (Å²) >= 11 is 0. The summed E-state index contributed by atoms with van der Waals surface area (Å²) < 4.78 is 0. The number of phenolic OH excluding ortho intramolecular Hbond substituents is 1. The third-order valence-electron chi connectivity index (χ3n) is 4.79. The summed E-state index contributed by atoms with van der Waals surface area (Å²) in [7, 11) is 0. The minimum atomic E-state index is -0.167. The number of benzene rings is 2. The molecule has 1 N–H and O–H groups in total. The fourth-order valence-corrected chi connectivity index (χ4v) is 3.34. The minimum absolute atomic E-state index is 0.167. The average Bonchev–Trinajstić information content (AvgIpc) is 2.64. The Hall–Kier alpha value is -2.33. The van der Waals surface area contributed by atoms with E-state index < -0.39 is 0 Å². The van der Waals surface area contributed by atoms with Crippen LogP contribution in [0.4, 0.5) is 5.69 Å². The van der Waals surface area contributed by atoms with Gasteiger partial charge in [-0.25, -0.2) is 0 Å². The van der Waals surface area contributed by atoms with Gasteiger partial charge in [0.1, 0.15) is 12.0 Å². The normalized spacial score (nSPS) is 16.8. The highest BCUT2D eigenvalue weighted by atomic mass is 16.3. The Morgan fingerprint density at radius 1 is 1.08 bits per heavy atom. The van der Waals surface area contributed by atoms with Crippen LogP contribution in [0.3, 0.4) is 0 Å². The van der Waals surface area contributed by atoms with E-state index in [1.165, 1.54) is 0 Å². The van der Waals surface area contributed by atoms with Crippen LogP contribution in [-0.4, -0.2) is 42.5 Å². The molecule has 1 saturated heterocycles. The van der Waals surface area contributed by atoms with Gasteiger partial charge in [-0.15, -0.1) is 0 Å². The largest absolute Gasteiger partial charge is 0.508 e. The van der Waals surface area contributed by atoms with Crippen molar-refractivity contribution in [1.82, 2.24) is 4.90 Å². The van der Waals surface area contributed by atoms with Crippen molar-refractivity contribution in [2.45, 2.75) is 19.4 Å². The van der Waals surface area contributed by atoms with Gasteiger partial charge in [-0.05, 0) is 35.7 Å². The van der Waals surface area contributed by atoms with Crippen LogP contribution in [0.2, 0.25) is 0 Å². The van der Waals surface area contributed by atoms with Gasteiger partial charge in [-0.3, -0.25) is 4.90 Å². The van der Waals surface area contributed by atoms with Crippen LogP contribution in [-0.2, 0) is 11.2 Å². The number of piperazine rings is 1. The van der Waals surface area contributed by atoms with Crippen LogP contribution in [0.5, 0.6) is 5.75 Å². The molecule has 0 aliphatic carbocycles. The van der Waals surface area contributed by atoms with E-state index in [-0.39, 0.29) is 6.04 Å². The standard InChI is InChI=1S/C20H24N2O2/c1-2-16-14-18(8-9-20(16)24)21-10-12-22(13-11-21)19(15-23)17-6-4-3-5-7-17/h3-9,14-15,19,24H,2,10-13H2,1H3. The van der Waals surface area contributed by atoms with Gasteiger partial charge < -0.3 is 14.8 Å².